The van der Waals surface area contributed by atoms with E-state index in [4.69, 9.17) is 4.74 Å². The average Bonchev–Trinajstić information content (AvgIpc) is 2.29. The first-order valence-electron chi connectivity index (χ1n) is 5.06. The maximum absolute atomic E-state index is 11.3. The third-order valence-corrected chi connectivity index (χ3v) is 2.53. The summed E-state index contributed by atoms with van der Waals surface area (Å²) in [7, 11) is 1.61. The number of aromatic nitrogens is 1. The Kier molecular flexibility index (Phi) is 2.85. The number of pyridine rings is 1. The number of anilines is 1. The number of rotatable bonds is 2. The summed E-state index contributed by atoms with van der Waals surface area (Å²) in [5.74, 6) is 1.88. The molecule has 0 saturated carbocycles. The maximum Gasteiger partial charge on any atom is 0.152 e. The lowest BCUT2D eigenvalue weighted by molar-refractivity contribution is -0.118. The molecule has 1 aromatic heterocycles. The molecule has 80 valence electrons. The van der Waals surface area contributed by atoms with Gasteiger partial charge in [0.25, 0.3) is 0 Å². The standard InChI is InChI=1S/C11H14N2O2/c1-15-10-4-5-11(12-7-10)13-6-2-3-9(14)8-13/h4-5,7H,2-3,6,8H2,1H3. The van der Waals surface area contributed by atoms with Crippen LogP contribution in [0.4, 0.5) is 5.82 Å². The molecule has 0 amide bonds. The van der Waals surface area contributed by atoms with Gasteiger partial charge in [0.05, 0.1) is 19.9 Å². The fourth-order valence-corrected chi connectivity index (χ4v) is 1.71. The summed E-state index contributed by atoms with van der Waals surface area (Å²) in [4.78, 5) is 17.5. The number of Topliss-reactive ketones (excluding diaryl/α,β-unsaturated/α-hetero) is 1. The lowest BCUT2D eigenvalue weighted by Crippen LogP contribution is -2.35. The predicted molar refractivity (Wildman–Crippen MR) is 57.2 cm³/mol. The molecule has 0 aliphatic carbocycles. The van der Waals surface area contributed by atoms with Crippen molar-refractivity contribution in [1.82, 2.24) is 4.98 Å². The number of ether oxygens (including phenoxy) is 1. The Balaban J connectivity index is 2.11. The van der Waals surface area contributed by atoms with E-state index in [1.54, 1.807) is 13.3 Å². The summed E-state index contributed by atoms with van der Waals surface area (Å²) in [6, 6.07) is 3.75. The molecule has 2 heterocycles. The summed E-state index contributed by atoms with van der Waals surface area (Å²) < 4.78 is 5.03. The second kappa shape index (κ2) is 4.29. The van der Waals surface area contributed by atoms with Gasteiger partial charge in [0, 0.05) is 13.0 Å². The molecule has 2 rings (SSSR count). The minimum Gasteiger partial charge on any atom is -0.495 e. The van der Waals surface area contributed by atoms with Gasteiger partial charge in [0.1, 0.15) is 11.6 Å². The van der Waals surface area contributed by atoms with Crippen molar-refractivity contribution in [2.24, 2.45) is 0 Å². The van der Waals surface area contributed by atoms with Gasteiger partial charge in [-0.2, -0.15) is 0 Å². The van der Waals surface area contributed by atoms with Gasteiger partial charge in [0.15, 0.2) is 5.78 Å². The van der Waals surface area contributed by atoms with Crippen molar-refractivity contribution in [1.29, 1.82) is 0 Å². The minimum absolute atomic E-state index is 0.291. The van der Waals surface area contributed by atoms with Crippen LogP contribution in [0.25, 0.3) is 0 Å². The van der Waals surface area contributed by atoms with Crippen molar-refractivity contribution in [2.75, 3.05) is 25.1 Å². The van der Waals surface area contributed by atoms with E-state index in [1.165, 1.54) is 0 Å². The summed E-state index contributed by atoms with van der Waals surface area (Å²) in [5, 5.41) is 0. The highest BCUT2D eigenvalue weighted by Crippen LogP contribution is 2.18. The highest BCUT2D eigenvalue weighted by atomic mass is 16.5. The molecule has 1 saturated heterocycles. The number of carbonyl (C=O) groups excluding carboxylic acids is 1. The highest BCUT2D eigenvalue weighted by molar-refractivity contribution is 5.84. The van der Waals surface area contributed by atoms with E-state index in [0.29, 0.717) is 18.7 Å². The Labute approximate surface area is 88.9 Å². The number of ketones is 1. The van der Waals surface area contributed by atoms with E-state index < -0.39 is 0 Å². The van der Waals surface area contributed by atoms with Crippen LogP contribution >= 0.6 is 0 Å². The molecule has 0 radical (unpaired) electrons. The van der Waals surface area contributed by atoms with Crippen LogP contribution in [0.1, 0.15) is 12.8 Å². The van der Waals surface area contributed by atoms with Crippen molar-refractivity contribution in [3.05, 3.63) is 18.3 Å². The van der Waals surface area contributed by atoms with E-state index in [1.807, 2.05) is 17.0 Å². The number of hydrogen-bond acceptors (Lipinski definition) is 4. The summed E-state index contributed by atoms with van der Waals surface area (Å²) in [6.07, 6.45) is 3.30. The Morgan fingerprint density at radius 1 is 1.47 bits per heavy atom. The molecule has 0 unspecified atom stereocenters. The van der Waals surface area contributed by atoms with Gasteiger partial charge < -0.3 is 9.64 Å². The van der Waals surface area contributed by atoms with Crippen LogP contribution in [0, 0.1) is 0 Å². The molecule has 1 fully saturated rings. The summed E-state index contributed by atoms with van der Waals surface area (Å²) >= 11 is 0. The smallest absolute Gasteiger partial charge is 0.152 e. The fraction of sp³-hybridized carbons (Fsp3) is 0.455. The predicted octanol–water partition coefficient (Wildman–Crippen LogP) is 1.26. The van der Waals surface area contributed by atoms with E-state index in [9.17, 15) is 4.79 Å². The van der Waals surface area contributed by atoms with Crippen LogP contribution in [0.2, 0.25) is 0 Å². The number of carbonyl (C=O) groups is 1. The molecule has 0 atom stereocenters. The average molecular weight is 206 g/mol. The third-order valence-electron chi connectivity index (χ3n) is 2.53. The molecule has 1 aromatic rings. The zero-order chi connectivity index (χ0) is 10.7. The monoisotopic (exact) mass is 206 g/mol. The zero-order valence-electron chi connectivity index (χ0n) is 8.77. The lowest BCUT2D eigenvalue weighted by atomic mass is 10.1. The normalized spacial score (nSPS) is 16.6. The molecular weight excluding hydrogens is 192 g/mol. The first kappa shape index (κ1) is 9.96. The second-order valence-corrected chi connectivity index (χ2v) is 3.62. The first-order chi connectivity index (χ1) is 7.29. The van der Waals surface area contributed by atoms with Gasteiger partial charge in [-0.1, -0.05) is 0 Å². The fourth-order valence-electron chi connectivity index (χ4n) is 1.71. The molecule has 0 bridgehead atoms. The maximum atomic E-state index is 11.3. The van der Waals surface area contributed by atoms with Gasteiger partial charge in [-0.3, -0.25) is 4.79 Å². The molecular formula is C11H14N2O2. The molecule has 0 spiro atoms. The van der Waals surface area contributed by atoms with Crippen LogP contribution in [0.3, 0.4) is 0 Å². The van der Waals surface area contributed by atoms with Crippen molar-refractivity contribution >= 4 is 11.6 Å². The van der Waals surface area contributed by atoms with Crippen LogP contribution in [-0.2, 0) is 4.79 Å². The number of piperidine rings is 1. The van der Waals surface area contributed by atoms with Crippen molar-refractivity contribution < 1.29 is 9.53 Å². The van der Waals surface area contributed by atoms with Crippen molar-refractivity contribution in [3.8, 4) is 5.75 Å². The second-order valence-electron chi connectivity index (χ2n) is 3.62. The van der Waals surface area contributed by atoms with Crippen LogP contribution in [0.15, 0.2) is 18.3 Å². The van der Waals surface area contributed by atoms with Gasteiger partial charge >= 0.3 is 0 Å². The first-order valence-corrected chi connectivity index (χ1v) is 5.06. The van der Waals surface area contributed by atoms with Crippen molar-refractivity contribution in [2.45, 2.75) is 12.8 Å². The molecule has 1 aliphatic rings. The lowest BCUT2D eigenvalue weighted by Gasteiger charge is -2.26. The van der Waals surface area contributed by atoms with E-state index in [0.717, 1.165) is 24.5 Å². The molecule has 0 N–H and O–H groups in total. The largest absolute Gasteiger partial charge is 0.495 e. The number of nitrogens with zero attached hydrogens (tertiary/aromatic N) is 2. The summed E-state index contributed by atoms with van der Waals surface area (Å²) in [6.45, 7) is 1.39. The van der Waals surface area contributed by atoms with Gasteiger partial charge in [0.2, 0.25) is 0 Å². The number of hydrogen-bond donors (Lipinski definition) is 0. The molecule has 0 aromatic carbocycles. The van der Waals surface area contributed by atoms with Gasteiger partial charge in [-0.25, -0.2) is 4.98 Å². The highest BCUT2D eigenvalue weighted by Gasteiger charge is 2.17. The summed E-state index contributed by atoms with van der Waals surface area (Å²) in [5.41, 5.74) is 0. The van der Waals surface area contributed by atoms with Crippen LogP contribution in [0.5, 0.6) is 5.75 Å². The molecule has 4 heteroatoms. The van der Waals surface area contributed by atoms with Gasteiger partial charge in [-0.15, -0.1) is 0 Å². The molecule has 15 heavy (non-hydrogen) atoms. The van der Waals surface area contributed by atoms with E-state index in [-0.39, 0.29) is 0 Å². The topological polar surface area (TPSA) is 42.4 Å². The SMILES string of the molecule is COc1ccc(N2CCCC(=O)C2)nc1. The third kappa shape index (κ3) is 2.26. The van der Waals surface area contributed by atoms with Crippen LogP contribution < -0.4 is 9.64 Å². The Bertz CT molecular complexity index is 348. The Morgan fingerprint density at radius 2 is 2.33 bits per heavy atom. The quantitative estimate of drug-likeness (QED) is 0.730. The molecule has 1 aliphatic heterocycles. The molecule has 4 nitrogen and oxygen atoms in total. The van der Waals surface area contributed by atoms with Gasteiger partial charge in [-0.05, 0) is 18.6 Å². The minimum atomic E-state index is 0.291. The van der Waals surface area contributed by atoms with Crippen LogP contribution in [-0.4, -0.2) is 31.0 Å². The van der Waals surface area contributed by atoms with Crippen molar-refractivity contribution in [3.63, 3.8) is 0 Å². The Hall–Kier alpha value is -1.58. The number of methoxy groups -OCH3 is 1. The zero-order valence-corrected chi connectivity index (χ0v) is 8.77. The Morgan fingerprint density at radius 3 is 2.93 bits per heavy atom. The van der Waals surface area contributed by atoms with E-state index in [2.05, 4.69) is 4.98 Å². The van der Waals surface area contributed by atoms with E-state index >= 15 is 0 Å².